The van der Waals surface area contributed by atoms with E-state index in [0.29, 0.717) is 12.1 Å². The molecule has 0 radical (unpaired) electrons. The minimum Gasteiger partial charge on any atom is -0.461 e. The predicted octanol–water partition coefficient (Wildman–Crippen LogP) is 2.20. The Morgan fingerprint density at radius 3 is 2.75 bits per heavy atom. The molecule has 1 heterocycles. The van der Waals surface area contributed by atoms with Gasteiger partial charge in [-0.3, -0.25) is 4.79 Å². The Morgan fingerprint density at radius 1 is 1.56 bits per heavy atom. The highest BCUT2D eigenvalue weighted by Gasteiger charge is 2.22. The monoisotopic (exact) mass is 223 g/mol. The highest BCUT2D eigenvalue weighted by molar-refractivity contribution is 5.78. The summed E-state index contributed by atoms with van der Waals surface area (Å²) < 4.78 is 6.80. The Labute approximate surface area is 95.2 Å². The van der Waals surface area contributed by atoms with Crippen molar-refractivity contribution in [2.45, 2.75) is 39.3 Å². The summed E-state index contributed by atoms with van der Waals surface area (Å²) in [6, 6.07) is 3.01. The van der Waals surface area contributed by atoms with Gasteiger partial charge in [-0.15, -0.1) is 0 Å². The Bertz CT molecular complexity index is 368. The fourth-order valence-electron chi connectivity index (χ4n) is 1.58. The maximum absolute atomic E-state index is 11.8. The summed E-state index contributed by atoms with van der Waals surface area (Å²) in [5, 5.41) is 0. The summed E-state index contributed by atoms with van der Waals surface area (Å²) in [4.78, 5) is 22.6. The van der Waals surface area contributed by atoms with E-state index in [0.717, 1.165) is 6.29 Å². The van der Waals surface area contributed by atoms with Crippen molar-refractivity contribution < 1.29 is 14.3 Å². The number of carbonyl (C=O) groups is 2. The van der Waals surface area contributed by atoms with E-state index >= 15 is 0 Å². The maximum Gasteiger partial charge on any atom is 0.329 e. The molecule has 1 unspecified atom stereocenters. The normalized spacial score (nSPS) is 12.5. The third kappa shape index (κ3) is 2.72. The number of nitrogens with zero attached hydrogens (tertiary/aromatic N) is 1. The molecule has 16 heavy (non-hydrogen) atoms. The molecule has 0 aromatic carbocycles. The number of rotatable bonds is 5. The average Bonchev–Trinajstić information content (AvgIpc) is 2.66. The second kappa shape index (κ2) is 5.49. The van der Waals surface area contributed by atoms with Gasteiger partial charge in [0.2, 0.25) is 0 Å². The van der Waals surface area contributed by atoms with Crippen LogP contribution in [-0.2, 0) is 9.53 Å². The molecule has 1 atom stereocenters. The predicted molar refractivity (Wildman–Crippen MR) is 60.4 cm³/mol. The van der Waals surface area contributed by atoms with Gasteiger partial charge in [0, 0.05) is 6.20 Å². The van der Waals surface area contributed by atoms with E-state index in [1.54, 1.807) is 36.7 Å². The zero-order valence-corrected chi connectivity index (χ0v) is 9.84. The van der Waals surface area contributed by atoms with Gasteiger partial charge >= 0.3 is 5.97 Å². The molecule has 0 aliphatic heterocycles. The van der Waals surface area contributed by atoms with E-state index in [4.69, 9.17) is 4.74 Å². The number of aldehydes is 1. The highest BCUT2D eigenvalue weighted by Crippen LogP contribution is 2.17. The summed E-state index contributed by atoms with van der Waals surface area (Å²) in [7, 11) is 0. The number of hydrogen-bond donors (Lipinski definition) is 0. The van der Waals surface area contributed by atoms with Crippen LogP contribution in [0.1, 0.15) is 43.7 Å². The molecule has 0 fully saturated rings. The minimum absolute atomic E-state index is 0.142. The number of hydrogen-bond acceptors (Lipinski definition) is 3. The molecule has 0 spiro atoms. The zero-order valence-electron chi connectivity index (χ0n) is 9.84. The molecular weight excluding hydrogens is 206 g/mol. The fourth-order valence-corrected chi connectivity index (χ4v) is 1.58. The molecule has 4 nitrogen and oxygen atoms in total. The Morgan fingerprint density at radius 2 is 2.25 bits per heavy atom. The standard InChI is InChI=1S/C12H17NO3/c1-4-11(12(15)16-9(2)3)13-7-5-6-10(13)8-14/h5-9,11H,4H2,1-3H3. The van der Waals surface area contributed by atoms with Crippen LogP contribution in [-0.4, -0.2) is 22.9 Å². The first-order valence-corrected chi connectivity index (χ1v) is 5.42. The minimum atomic E-state index is -0.419. The molecule has 0 amide bonds. The summed E-state index contributed by atoms with van der Waals surface area (Å²) in [5.74, 6) is -0.295. The van der Waals surface area contributed by atoms with Crippen LogP contribution in [0.4, 0.5) is 0 Å². The van der Waals surface area contributed by atoms with Crippen LogP contribution < -0.4 is 0 Å². The van der Waals surface area contributed by atoms with Crippen LogP contribution in [0.5, 0.6) is 0 Å². The average molecular weight is 223 g/mol. The van der Waals surface area contributed by atoms with Crippen LogP contribution in [0.15, 0.2) is 18.3 Å². The van der Waals surface area contributed by atoms with Gasteiger partial charge in [0.25, 0.3) is 0 Å². The second-order valence-electron chi connectivity index (χ2n) is 3.87. The van der Waals surface area contributed by atoms with Crippen molar-refractivity contribution in [1.29, 1.82) is 0 Å². The van der Waals surface area contributed by atoms with Gasteiger partial charge in [-0.2, -0.15) is 0 Å². The molecule has 88 valence electrons. The summed E-state index contributed by atoms with van der Waals surface area (Å²) in [5.41, 5.74) is 0.493. The Hall–Kier alpha value is -1.58. The topological polar surface area (TPSA) is 48.3 Å². The van der Waals surface area contributed by atoms with E-state index in [-0.39, 0.29) is 12.1 Å². The molecule has 0 bridgehead atoms. The lowest BCUT2D eigenvalue weighted by atomic mass is 10.2. The number of carbonyl (C=O) groups excluding carboxylic acids is 2. The third-order valence-corrected chi connectivity index (χ3v) is 2.28. The van der Waals surface area contributed by atoms with Gasteiger partial charge in [0.1, 0.15) is 6.04 Å². The fraction of sp³-hybridized carbons (Fsp3) is 0.500. The number of aromatic nitrogens is 1. The quantitative estimate of drug-likeness (QED) is 0.568. The molecule has 0 N–H and O–H groups in total. The van der Waals surface area contributed by atoms with Crippen molar-refractivity contribution in [3.05, 3.63) is 24.0 Å². The first-order valence-electron chi connectivity index (χ1n) is 5.42. The Kier molecular flexibility index (Phi) is 4.28. The molecule has 4 heteroatoms. The molecule has 0 saturated carbocycles. The first-order chi connectivity index (χ1) is 7.60. The smallest absolute Gasteiger partial charge is 0.329 e. The van der Waals surface area contributed by atoms with Crippen LogP contribution in [0, 0.1) is 0 Å². The first kappa shape index (κ1) is 12.5. The second-order valence-corrected chi connectivity index (χ2v) is 3.87. The van der Waals surface area contributed by atoms with E-state index in [1.165, 1.54) is 0 Å². The molecule has 0 saturated heterocycles. The lowest BCUT2D eigenvalue weighted by Gasteiger charge is -2.18. The molecule has 1 aromatic heterocycles. The largest absolute Gasteiger partial charge is 0.461 e. The van der Waals surface area contributed by atoms with Crippen LogP contribution in [0.25, 0.3) is 0 Å². The van der Waals surface area contributed by atoms with Crippen LogP contribution in [0.2, 0.25) is 0 Å². The van der Waals surface area contributed by atoms with Crippen molar-refractivity contribution in [3.63, 3.8) is 0 Å². The van der Waals surface area contributed by atoms with E-state index in [2.05, 4.69) is 0 Å². The molecule has 1 rings (SSSR count). The summed E-state index contributed by atoms with van der Waals surface area (Å²) in [6.45, 7) is 5.50. The molecule has 0 aliphatic rings. The van der Waals surface area contributed by atoms with Crippen molar-refractivity contribution in [2.75, 3.05) is 0 Å². The summed E-state index contributed by atoms with van der Waals surface area (Å²) >= 11 is 0. The lowest BCUT2D eigenvalue weighted by Crippen LogP contribution is -2.24. The molecule has 0 aliphatic carbocycles. The van der Waals surface area contributed by atoms with Crippen molar-refractivity contribution in [3.8, 4) is 0 Å². The van der Waals surface area contributed by atoms with E-state index in [9.17, 15) is 9.59 Å². The van der Waals surface area contributed by atoms with E-state index < -0.39 is 6.04 Å². The Balaban J connectivity index is 2.89. The van der Waals surface area contributed by atoms with Crippen molar-refractivity contribution in [2.24, 2.45) is 0 Å². The molecular formula is C12H17NO3. The van der Waals surface area contributed by atoms with Crippen LogP contribution in [0.3, 0.4) is 0 Å². The van der Waals surface area contributed by atoms with Gasteiger partial charge in [0.05, 0.1) is 11.8 Å². The number of ether oxygens (including phenoxy) is 1. The van der Waals surface area contributed by atoms with Gasteiger partial charge < -0.3 is 9.30 Å². The third-order valence-electron chi connectivity index (χ3n) is 2.28. The van der Waals surface area contributed by atoms with Crippen molar-refractivity contribution >= 4 is 12.3 Å². The van der Waals surface area contributed by atoms with E-state index in [1.807, 2.05) is 6.92 Å². The maximum atomic E-state index is 11.8. The lowest BCUT2D eigenvalue weighted by molar-refractivity contribution is -0.151. The summed E-state index contributed by atoms with van der Waals surface area (Å²) in [6.07, 6.45) is 2.92. The number of esters is 1. The van der Waals surface area contributed by atoms with Gasteiger partial charge in [0.15, 0.2) is 6.29 Å². The van der Waals surface area contributed by atoms with Gasteiger partial charge in [-0.1, -0.05) is 6.92 Å². The highest BCUT2D eigenvalue weighted by atomic mass is 16.5. The van der Waals surface area contributed by atoms with Crippen LogP contribution >= 0.6 is 0 Å². The van der Waals surface area contributed by atoms with Gasteiger partial charge in [-0.05, 0) is 32.4 Å². The zero-order chi connectivity index (χ0) is 12.1. The molecule has 1 aromatic rings. The SMILES string of the molecule is CCC(C(=O)OC(C)C)n1cccc1C=O. The van der Waals surface area contributed by atoms with Gasteiger partial charge in [-0.25, -0.2) is 4.79 Å². The van der Waals surface area contributed by atoms with Crippen molar-refractivity contribution in [1.82, 2.24) is 4.57 Å².